The molecular formula is C29H41N3O3. The highest BCUT2D eigenvalue weighted by Gasteiger charge is 2.20. The first-order valence-electron chi connectivity index (χ1n) is 12.7. The van der Waals surface area contributed by atoms with E-state index in [1.165, 1.54) is 5.56 Å². The number of carbonyl (C=O) groups is 1. The van der Waals surface area contributed by atoms with Crippen LogP contribution < -0.4 is 10.1 Å². The minimum Gasteiger partial charge on any atom is -0.489 e. The van der Waals surface area contributed by atoms with Gasteiger partial charge in [-0.2, -0.15) is 5.26 Å². The lowest BCUT2D eigenvalue weighted by Gasteiger charge is -2.28. The summed E-state index contributed by atoms with van der Waals surface area (Å²) in [5, 5.41) is 23.4. The van der Waals surface area contributed by atoms with Crippen molar-refractivity contribution in [1.29, 1.82) is 5.26 Å². The summed E-state index contributed by atoms with van der Waals surface area (Å²) in [6.07, 6.45) is 4.11. The Morgan fingerprint density at radius 3 is 2.46 bits per heavy atom. The number of hydrogen-bond donors (Lipinski definition) is 2. The molecular weight excluding hydrogens is 438 g/mol. The maximum absolute atomic E-state index is 12.8. The third-order valence-electron chi connectivity index (χ3n) is 5.98. The Kier molecular flexibility index (Phi) is 11.8. The second-order valence-corrected chi connectivity index (χ2v) is 9.68. The number of aryl methyl sites for hydroxylation is 1. The quantitative estimate of drug-likeness (QED) is 0.377. The molecule has 0 radical (unpaired) electrons. The molecule has 6 heteroatoms. The van der Waals surface area contributed by atoms with Gasteiger partial charge in [0.2, 0.25) is 0 Å². The second kappa shape index (κ2) is 14.5. The first-order valence-corrected chi connectivity index (χ1v) is 12.7. The van der Waals surface area contributed by atoms with Crippen LogP contribution in [0.25, 0.3) is 0 Å². The molecule has 2 aromatic rings. The second-order valence-electron chi connectivity index (χ2n) is 9.68. The monoisotopic (exact) mass is 479 g/mol. The van der Waals surface area contributed by atoms with Crippen LogP contribution in [0.5, 0.6) is 5.75 Å². The Balaban J connectivity index is 1.85. The van der Waals surface area contributed by atoms with Gasteiger partial charge in [0, 0.05) is 30.7 Å². The van der Waals surface area contributed by atoms with Crippen LogP contribution in [0.4, 0.5) is 0 Å². The Morgan fingerprint density at radius 2 is 1.83 bits per heavy atom. The molecule has 35 heavy (non-hydrogen) atoms. The van der Waals surface area contributed by atoms with E-state index < -0.39 is 6.10 Å². The van der Waals surface area contributed by atoms with Crippen molar-refractivity contribution in [3.8, 4) is 11.8 Å². The topological polar surface area (TPSA) is 85.6 Å². The fourth-order valence-electron chi connectivity index (χ4n) is 4.02. The van der Waals surface area contributed by atoms with Gasteiger partial charge in [-0.15, -0.1) is 0 Å². The van der Waals surface area contributed by atoms with Crippen molar-refractivity contribution < 1.29 is 14.6 Å². The lowest BCUT2D eigenvalue weighted by atomic mass is 9.95. The summed E-state index contributed by atoms with van der Waals surface area (Å²) >= 11 is 0. The maximum Gasteiger partial charge on any atom is 0.253 e. The Bertz CT molecular complexity index is 947. The van der Waals surface area contributed by atoms with Gasteiger partial charge >= 0.3 is 0 Å². The molecule has 0 unspecified atom stereocenters. The van der Waals surface area contributed by atoms with Crippen molar-refractivity contribution in [2.45, 2.75) is 71.4 Å². The van der Waals surface area contributed by atoms with E-state index in [4.69, 9.17) is 4.74 Å². The van der Waals surface area contributed by atoms with Crippen molar-refractivity contribution in [3.63, 3.8) is 0 Å². The van der Waals surface area contributed by atoms with Crippen molar-refractivity contribution in [3.05, 3.63) is 65.2 Å². The fourth-order valence-corrected chi connectivity index (χ4v) is 4.02. The summed E-state index contributed by atoms with van der Waals surface area (Å²) in [6.45, 7) is 10.2. The van der Waals surface area contributed by atoms with Crippen molar-refractivity contribution in [2.75, 3.05) is 26.2 Å². The van der Waals surface area contributed by atoms with Gasteiger partial charge in [0.15, 0.2) is 0 Å². The van der Waals surface area contributed by atoms with E-state index >= 15 is 0 Å². The predicted molar refractivity (Wildman–Crippen MR) is 141 cm³/mol. The molecule has 6 nitrogen and oxygen atoms in total. The predicted octanol–water partition coefficient (Wildman–Crippen LogP) is 4.95. The summed E-state index contributed by atoms with van der Waals surface area (Å²) in [5.74, 6) is 0.304. The van der Waals surface area contributed by atoms with E-state index in [1.807, 2.05) is 24.8 Å². The van der Waals surface area contributed by atoms with E-state index in [0.29, 0.717) is 36.5 Å². The number of aliphatic hydroxyl groups excluding tert-OH is 1. The number of nitrogens with one attached hydrogen (secondary N) is 1. The summed E-state index contributed by atoms with van der Waals surface area (Å²) in [5.41, 5.74) is 2.00. The number of β-amino-alcohol motifs (C(OH)–C–C–N with tert-alkyl or cyclic N) is 1. The Labute approximate surface area is 210 Å². The number of nitriles is 1. The van der Waals surface area contributed by atoms with Gasteiger partial charge in [0.25, 0.3) is 5.91 Å². The molecule has 2 N–H and O–H groups in total. The SMILES string of the molecule is CCCN(CCC)C(=O)c1ccc(OC[C@H](O)CNC(C)(C)CCCc2ccccc2)c(C#N)c1. The molecule has 0 heterocycles. The molecule has 0 saturated heterocycles. The van der Waals surface area contributed by atoms with Gasteiger partial charge in [-0.3, -0.25) is 4.79 Å². The number of amides is 1. The molecule has 2 aromatic carbocycles. The molecule has 0 aliphatic carbocycles. The standard InChI is InChI=1S/C29H41N3O3/c1-5-17-32(18-6-2)28(34)24-14-15-27(25(19-24)20-30)35-22-26(33)21-31-29(3,4)16-10-13-23-11-8-7-9-12-23/h7-9,11-12,14-15,19,26,31,33H,5-6,10,13,16-18,21-22H2,1-4H3/t26-/m1/s1. The lowest BCUT2D eigenvalue weighted by molar-refractivity contribution is 0.0755. The minimum atomic E-state index is -0.721. The van der Waals surface area contributed by atoms with E-state index in [0.717, 1.165) is 32.1 Å². The van der Waals surface area contributed by atoms with Crippen molar-refractivity contribution in [2.24, 2.45) is 0 Å². The molecule has 190 valence electrons. The number of benzene rings is 2. The normalized spacial score (nSPS) is 12.1. The molecule has 0 spiro atoms. The summed E-state index contributed by atoms with van der Waals surface area (Å²) in [4.78, 5) is 14.6. The van der Waals surface area contributed by atoms with Crippen LogP contribution in [-0.4, -0.2) is 53.8 Å². The van der Waals surface area contributed by atoms with E-state index in [9.17, 15) is 15.2 Å². The van der Waals surface area contributed by atoms with Crippen LogP contribution in [0.1, 0.15) is 74.9 Å². The number of ether oxygens (including phenoxy) is 1. The highest BCUT2D eigenvalue weighted by Crippen LogP contribution is 2.21. The highest BCUT2D eigenvalue weighted by atomic mass is 16.5. The summed E-state index contributed by atoms with van der Waals surface area (Å²) in [6, 6.07) is 17.5. The summed E-state index contributed by atoms with van der Waals surface area (Å²) < 4.78 is 5.75. The maximum atomic E-state index is 12.8. The molecule has 0 aromatic heterocycles. The van der Waals surface area contributed by atoms with E-state index in [-0.39, 0.29) is 18.1 Å². The molecule has 0 saturated carbocycles. The molecule has 0 aliphatic rings. The van der Waals surface area contributed by atoms with Crippen molar-refractivity contribution >= 4 is 5.91 Å². The molecule has 0 fully saturated rings. The molecule has 0 aliphatic heterocycles. The van der Waals surface area contributed by atoms with E-state index in [1.54, 1.807) is 18.2 Å². The number of aliphatic hydroxyl groups is 1. The average Bonchev–Trinajstić information content (AvgIpc) is 2.86. The summed E-state index contributed by atoms with van der Waals surface area (Å²) in [7, 11) is 0. The zero-order valence-corrected chi connectivity index (χ0v) is 21.7. The largest absolute Gasteiger partial charge is 0.489 e. The smallest absolute Gasteiger partial charge is 0.253 e. The van der Waals surface area contributed by atoms with Crippen molar-refractivity contribution in [1.82, 2.24) is 10.2 Å². The Hall–Kier alpha value is -2.88. The molecule has 0 bridgehead atoms. The number of nitrogens with zero attached hydrogens (tertiary/aromatic N) is 2. The van der Waals surface area contributed by atoms with Crippen LogP contribution in [0.2, 0.25) is 0 Å². The third kappa shape index (κ3) is 9.71. The van der Waals surface area contributed by atoms with Gasteiger partial charge < -0.3 is 20.1 Å². The average molecular weight is 480 g/mol. The van der Waals surface area contributed by atoms with Gasteiger partial charge in [-0.05, 0) is 69.7 Å². The first-order chi connectivity index (χ1) is 16.8. The van der Waals surface area contributed by atoms with Gasteiger partial charge in [0.05, 0.1) is 5.56 Å². The zero-order valence-electron chi connectivity index (χ0n) is 21.7. The number of rotatable bonds is 15. The number of carbonyl (C=O) groups excluding carboxylic acids is 1. The third-order valence-corrected chi connectivity index (χ3v) is 5.98. The van der Waals surface area contributed by atoms with Gasteiger partial charge in [0.1, 0.15) is 24.5 Å². The fraction of sp³-hybridized carbons (Fsp3) is 0.517. The van der Waals surface area contributed by atoms with Crippen LogP contribution in [0.15, 0.2) is 48.5 Å². The van der Waals surface area contributed by atoms with E-state index in [2.05, 4.69) is 49.5 Å². The molecule has 2 rings (SSSR count). The molecule has 1 amide bonds. The van der Waals surface area contributed by atoms with Crippen LogP contribution in [0, 0.1) is 11.3 Å². The zero-order chi connectivity index (χ0) is 25.7. The minimum absolute atomic E-state index is 0.0624. The van der Waals surface area contributed by atoms with Crippen LogP contribution in [-0.2, 0) is 6.42 Å². The molecule has 1 atom stereocenters. The van der Waals surface area contributed by atoms with Gasteiger partial charge in [-0.25, -0.2) is 0 Å². The number of hydrogen-bond acceptors (Lipinski definition) is 5. The van der Waals surface area contributed by atoms with Crippen LogP contribution >= 0.6 is 0 Å². The lowest BCUT2D eigenvalue weighted by Crippen LogP contribution is -2.44. The van der Waals surface area contributed by atoms with Crippen LogP contribution in [0.3, 0.4) is 0 Å². The van der Waals surface area contributed by atoms with Gasteiger partial charge in [-0.1, -0.05) is 44.2 Å². The Morgan fingerprint density at radius 1 is 1.14 bits per heavy atom. The highest BCUT2D eigenvalue weighted by molar-refractivity contribution is 5.94. The first kappa shape index (κ1) is 28.4.